The fourth-order valence-electron chi connectivity index (χ4n) is 3.15. The van der Waals surface area contributed by atoms with E-state index in [0.29, 0.717) is 10.0 Å². The Balaban J connectivity index is 1.60. The van der Waals surface area contributed by atoms with Crippen molar-refractivity contribution in [1.82, 2.24) is 9.80 Å². The molecular weight excluding hydrogens is 321 g/mol. The molecule has 0 saturated carbocycles. The van der Waals surface area contributed by atoms with Gasteiger partial charge in [-0.05, 0) is 37.5 Å². The molecule has 2 heterocycles. The number of carbonyl (C=O) groups is 1. The van der Waals surface area contributed by atoms with Crippen molar-refractivity contribution < 1.29 is 4.79 Å². The summed E-state index contributed by atoms with van der Waals surface area (Å²) in [6, 6.07) is 5.71. The van der Waals surface area contributed by atoms with Crippen molar-refractivity contribution in [2.45, 2.75) is 19.3 Å². The van der Waals surface area contributed by atoms with Gasteiger partial charge in [-0.15, -0.1) is 0 Å². The predicted molar refractivity (Wildman–Crippen MR) is 91.1 cm³/mol. The van der Waals surface area contributed by atoms with Crippen LogP contribution in [0.4, 0.5) is 10.5 Å². The first-order valence-corrected chi connectivity index (χ1v) is 8.64. The Kier molecular flexibility index (Phi) is 4.99. The molecule has 2 saturated heterocycles. The van der Waals surface area contributed by atoms with Crippen LogP contribution >= 0.6 is 23.2 Å². The van der Waals surface area contributed by atoms with E-state index in [4.69, 9.17) is 23.2 Å². The minimum atomic E-state index is 0.191. The van der Waals surface area contributed by atoms with Gasteiger partial charge in [-0.3, -0.25) is 0 Å². The Morgan fingerprint density at radius 1 is 0.864 bits per heavy atom. The summed E-state index contributed by atoms with van der Waals surface area (Å²) < 4.78 is 0. The first-order valence-electron chi connectivity index (χ1n) is 7.89. The largest absolute Gasteiger partial charge is 0.367 e. The summed E-state index contributed by atoms with van der Waals surface area (Å²) in [5, 5.41) is 1.39. The number of benzene rings is 1. The number of anilines is 1. The number of carbonyl (C=O) groups excluding carboxylic acids is 1. The molecule has 1 aromatic rings. The van der Waals surface area contributed by atoms with Crippen molar-refractivity contribution in [3.05, 3.63) is 28.2 Å². The zero-order chi connectivity index (χ0) is 15.5. The van der Waals surface area contributed by atoms with Gasteiger partial charge in [0.05, 0.1) is 10.7 Å². The van der Waals surface area contributed by atoms with E-state index < -0.39 is 0 Å². The van der Waals surface area contributed by atoms with Gasteiger partial charge >= 0.3 is 6.03 Å². The molecule has 0 spiro atoms. The minimum absolute atomic E-state index is 0.191. The van der Waals surface area contributed by atoms with Crippen molar-refractivity contribution in [3.63, 3.8) is 0 Å². The topological polar surface area (TPSA) is 26.8 Å². The Hall–Kier alpha value is -1.13. The molecule has 2 fully saturated rings. The Morgan fingerprint density at radius 3 is 2.18 bits per heavy atom. The van der Waals surface area contributed by atoms with Gasteiger partial charge in [-0.1, -0.05) is 23.2 Å². The average Bonchev–Trinajstić information content (AvgIpc) is 2.57. The number of amides is 2. The predicted octanol–water partition coefficient (Wildman–Crippen LogP) is 3.72. The summed E-state index contributed by atoms with van der Waals surface area (Å²) >= 11 is 12.3. The third-order valence-electron chi connectivity index (χ3n) is 4.43. The molecular formula is C16H21Cl2N3O. The maximum Gasteiger partial charge on any atom is 0.320 e. The van der Waals surface area contributed by atoms with Crippen LogP contribution in [0.5, 0.6) is 0 Å². The van der Waals surface area contributed by atoms with Crippen LogP contribution in [0.2, 0.25) is 10.0 Å². The normalized spacial score (nSPS) is 19.5. The van der Waals surface area contributed by atoms with E-state index in [1.165, 1.54) is 6.42 Å². The number of rotatable bonds is 1. The number of piperazine rings is 1. The molecule has 2 aliphatic heterocycles. The van der Waals surface area contributed by atoms with Gasteiger partial charge in [0.2, 0.25) is 0 Å². The third kappa shape index (κ3) is 3.44. The second-order valence-electron chi connectivity index (χ2n) is 5.90. The highest BCUT2D eigenvalue weighted by Gasteiger charge is 2.26. The molecule has 0 radical (unpaired) electrons. The molecule has 0 atom stereocenters. The highest BCUT2D eigenvalue weighted by molar-refractivity contribution is 6.35. The van der Waals surface area contributed by atoms with Crippen molar-refractivity contribution in [3.8, 4) is 0 Å². The number of urea groups is 1. The quantitative estimate of drug-likeness (QED) is 0.778. The molecule has 2 aliphatic rings. The van der Waals surface area contributed by atoms with Crippen molar-refractivity contribution in [2.75, 3.05) is 44.2 Å². The molecule has 22 heavy (non-hydrogen) atoms. The monoisotopic (exact) mass is 341 g/mol. The van der Waals surface area contributed by atoms with Gasteiger partial charge in [-0.25, -0.2) is 4.79 Å². The van der Waals surface area contributed by atoms with Crippen LogP contribution in [0.1, 0.15) is 19.3 Å². The standard InChI is InChI=1S/C16H21Cl2N3O/c17-13-4-5-14(18)15(12-13)19-8-10-21(11-9-19)16(22)20-6-2-1-3-7-20/h4-5,12H,1-3,6-11H2. The molecule has 6 heteroatoms. The zero-order valence-electron chi connectivity index (χ0n) is 12.6. The molecule has 0 aliphatic carbocycles. The smallest absolute Gasteiger partial charge is 0.320 e. The zero-order valence-corrected chi connectivity index (χ0v) is 14.1. The van der Waals surface area contributed by atoms with Gasteiger partial charge in [0.1, 0.15) is 0 Å². The SMILES string of the molecule is O=C(N1CCCCC1)N1CCN(c2cc(Cl)ccc2Cl)CC1. The fourth-order valence-corrected chi connectivity index (χ4v) is 3.56. The van der Waals surface area contributed by atoms with E-state index in [1.54, 1.807) is 6.07 Å². The maximum atomic E-state index is 12.5. The first-order chi connectivity index (χ1) is 10.6. The van der Waals surface area contributed by atoms with Crippen LogP contribution in [0, 0.1) is 0 Å². The molecule has 0 aromatic heterocycles. The summed E-state index contributed by atoms with van der Waals surface area (Å²) in [6.07, 6.45) is 3.50. The van der Waals surface area contributed by atoms with E-state index >= 15 is 0 Å². The summed E-state index contributed by atoms with van der Waals surface area (Å²) in [5.74, 6) is 0. The highest BCUT2D eigenvalue weighted by atomic mass is 35.5. The summed E-state index contributed by atoms with van der Waals surface area (Å²) in [4.78, 5) is 18.7. The summed E-state index contributed by atoms with van der Waals surface area (Å²) in [6.45, 7) is 4.86. The maximum absolute atomic E-state index is 12.5. The van der Waals surface area contributed by atoms with Gasteiger partial charge in [0.25, 0.3) is 0 Å². The molecule has 0 unspecified atom stereocenters. The van der Waals surface area contributed by atoms with Crippen LogP contribution < -0.4 is 4.90 Å². The van der Waals surface area contributed by atoms with Crippen LogP contribution in [0.25, 0.3) is 0 Å². The molecule has 0 N–H and O–H groups in total. The first kappa shape index (κ1) is 15.8. The number of nitrogens with zero attached hydrogens (tertiary/aromatic N) is 3. The number of likely N-dealkylation sites (tertiary alicyclic amines) is 1. The number of hydrogen-bond donors (Lipinski definition) is 0. The van der Waals surface area contributed by atoms with E-state index in [2.05, 4.69) is 4.90 Å². The Bertz CT molecular complexity index is 538. The van der Waals surface area contributed by atoms with Gasteiger partial charge in [-0.2, -0.15) is 0 Å². The van der Waals surface area contributed by atoms with E-state index in [0.717, 1.165) is 57.8 Å². The van der Waals surface area contributed by atoms with Crippen LogP contribution in [-0.4, -0.2) is 55.1 Å². The van der Waals surface area contributed by atoms with Crippen molar-refractivity contribution in [2.24, 2.45) is 0 Å². The Morgan fingerprint density at radius 2 is 1.50 bits per heavy atom. The molecule has 3 rings (SSSR count). The van der Waals surface area contributed by atoms with Crippen LogP contribution in [0.15, 0.2) is 18.2 Å². The lowest BCUT2D eigenvalue weighted by atomic mass is 10.1. The average molecular weight is 342 g/mol. The molecule has 1 aromatic carbocycles. The van der Waals surface area contributed by atoms with Crippen molar-refractivity contribution >= 4 is 34.9 Å². The summed E-state index contributed by atoms with van der Waals surface area (Å²) in [5.41, 5.74) is 0.958. The number of piperidine rings is 1. The molecule has 4 nitrogen and oxygen atoms in total. The van der Waals surface area contributed by atoms with Gasteiger partial charge < -0.3 is 14.7 Å². The number of halogens is 2. The lowest BCUT2D eigenvalue weighted by molar-refractivity contribution is 0.141. The second-order valence-corrected chi connectivity index (χ2v) is 6.74. The molecule has 120 valence electrons. The highest BCUT2D eigenvalue weighted by Crippen LogP contribution is 2.29. The molecule has 2 amide bonds. The van der Waals surface area contributed by atoms with Crippen LogP contribution in [0.3, 0.4) is 0 Å². The minimum Gasteiger partial charge on any atom is -0.367 e. The second kappa shape index (κ2) is 6.97. The van der Waals surface area contributed by atoms with Gasteiger partial charge in [0, 0.05) is 44.3 Å². The lowest BCUT2D eigenvalue weighted by Gasteiger charge is -2.39. The summed E-state index contributed by atoms with van der Waals surface area (Å²) in [7, 11) is 0. The van der Waals surface area contributed by atoms with Crippen molar-refractivity contribution in [1.29, 1.82) is 0 Å². The van der Waals surface area contributed by atoms with Crippen LogP contribution in [-0.2, 0) is 0 Å². The molecule has 0 bridgehead atoms. The van der Waals surface area contributed by atoms with Gasteiger partial charge in [0.15, 0.2) is 0 Å². The lowest BCUT2D eigenvalue weighted by Crippen LogP contribution is -2.53. The van der Waals surface area contributed by atoms with E-state index in [-0.39, 0.29) is 6.03 Å². The fraction of sp³-hybridized carbons (Fsp3) is 0.562. The van der Waals surface area contributed by atoms with E-state index in [9.17, 15) is 4.79 Å². The Labute approximate surface area is 141 Å². The number of hydrogen-bond acceptors (Lipinski definition) is 2. The van der Waals surface area contributed by atoms with E-state index in [1.807, 2.05) is 21.9 Å². The third-order valence-corrected chi connectivity index (χ3v) is 4.98.